The fourth-order valence-electron chi connectivity index (χ4n) is 1.78. The Morgan fingerprint density at radius 3 is 2.37 bits per heavy atom. The number of nitrogens with two attached hydrogens (primary N) is 1. The molecule has 0 aliphatic heterocycles. The summed E-state index contributed by atoms with van der Waals surface area (Å²) >= 11 is 0. The first-order chi connectivity index (χ1) is 8.51. The van der Waals surface area contributed by atoms with E-state index in [4.69, 9.17) is 10.8 Å². The molecule has 94 valence electrons. The van der Waals surface area contributed by atoms with E-state index in [1.54, 1.807) is 30.5 Å². The number of hydrogen-bond acceptors (Lipinski definition) is 3. The fourth-order valence-corrected chi connectivity index (χ4v) is 1.78. The van der Waals surface area contributed by atoms with Crippen molar-refractivity contribution in [2.24, 2.45) is 5.73 Å². The average molecular weight is 282 g/mol. The summed E-state index contributed by atoms with van der Waals surface area (Å²) in [6, 6.07) is 12.1. The summed E-state index contributed by atoms with van der Waals surface area (Å²) in [5.74, 6) is -0.946. The van der Waals surface area contributed by atoms with Gasteiger partial charge >= 0.3 is 57.4 Å². The number of pyridine rings is 1. The molecule has 0 amide bonds. The van der Waals surface area contributed by atoms with Crippen LogP contribution in [0.25, 0.3) is 0 Å². The van der Waals surface area contributed by atoms with Gasteiger partial charge in [0.1, 0.15) is 0 Å². The molecule has 19 heavy (non-hydrogen) atoms. The number of nitrogens with zero attached hydrogens (tertiary/aromatic N) is 1. The summed E-state index contributed by atoms with van der Waals surface area (Å²) in [7, 11) is 0. The van der Waals surface area contributed by atoms with Crippen molar-refractivity contribution in [2.75, 3.05) is 0 Å². The van der Waals surface area contributed by atoms with Crippen LogP contribution in [0.1, 0.15) is 30.0 Å². The quantitative estimate of drug-likeness (QED) is 0.717. The zero-order chi connectivity index (χ0) is 13.2. The van der Waals surface area contributed by atoms with Crippen molar-refractivity contribution in [1.82, 2.24) is 4.98 Å². The predicted octanol–water partition coefficient (Wildman–Crippen LogP) is -0.881. The van der Waals surface area contributed by atoms with Gasteiger partial charge in [0, 0.05) is 6.20 Å². The maximum absolute atomic E-state index is 10.8. The molecule has 0 radical (unpaired) electrons. The van der Waals surface area contributed by atoms with Gasteiger partial charge in [-0.15, -0.1) is 0 Å². The molecule has 0 fully saturated rings. The second kappa shape index (κ2) is 6.74. The molecule has 4 nitrogen and oxygen atoms in total. The maximum atomic E-state index is 10.8. The first-order valence-electron chi connectivity index (χ1n) is 5.56. The van der Waals surface area contributed by atoms with Crippen LogP contribution in [-0.4, -0.2) is 16.1 Å². The molecule has 0 saturated heterocycles. The molecular weight excluding hydrogens is 267 g/mol. The van der Waals surface area contributed by atoms with E-state index in [0.29, 0.717) is 0 Å². The van der Waals surface area contributed by atoms with E-state index in [0.717, 1.165) is 11.3 Å². The van der Waals surface area contributed by atoms with Crippen LogP contribution in [0.5, 0.6) is 0 Å². The smallest absolute Gasteiger partial charge is 1.00 e. The first kappa shape index (κ1) is 16.5. The number of carboxylic acid groups (broad SMARTS) is 1. The zero-order valence-corrected chi connectivity index (χ0v) is 14.1. The van der Waals surface area contributed by atoms with Crippen molar-refractivity contribution >= 4 is 5.97 Å². The molecular formula is C14H15KN2O2. The van der Waals surface area contributed by atoms with Gasteiger partial charge in [0.05, 0.1) is 16.8 Å². The van der Waals surface area contributed by atoms with Crippen LogP contribution in [0, 0.1) is 0 Å². The van der Waals surface area contributed by atoms with Crippen molar-refractivity contribution in [1.29, 1.82) is 0 Å². The monoisotopic (exact) mass is 282 g/mol. The maximum Gasteiger partial charge on any atom is 1.00 e. The second-order valence-corrected chi connectivity index (χ2v) is 4.30. The van der Waals surface area contributed by atoms with Crippen molar-refractivity contribution in [3.8, 4) is 0 Å². The second-order valence-electron chi connectivity index (χ2n) is 4.30. The van der Waals surface area contributed by atoms with Gasteiger partial charge in [-0.3, -0.25) is 4.98 Å². The van der Waals surface area contributed by atoms with Gasteiger partial charge in [-0.1, -0.05) is 18.2 Å². The first-order valence-corrected chi connectivity index (χ1v) is 5.56. The van der Waals surface area contributed by atoms with Crippen molar-refractivity contribution in [3.05, 3.63) is 65.5 Å². The predicted molar refractivity (Wildman–Crippen MR) is 69.4 cm³/mol. The van der Waals surface area contributed by atoms with Gasteiger partial charge in [-0.2, -0.15) is 0 Å². The Balaban J connectivity index is 0.00000180. The van der Waals surface area contributed by atoms with Crippen molar-refractivity contribution in [2.45, 2.75) is 12.5 Å². The molecule has 0 aliphatic rings. The SMILES string of the molecule is CC(N)(c1ccc(C(=O)O)cc1)c1ccccn1.[H-].[K+]. The minimum Gasteiger partial charge on any atom is -1.00 e. The third-order valence-corrected chi connectivity index (χ3v) is 2.93. The number of aromatic carboxylic acids is 1. The Morgan fingerprint density at radius 2 is 1.89 bits per heavy atom. The molecule has 0 spiro atoms. The van der Waals surface area contributed by atoms with Crippen LogP contribution < -0.4 is 57.1 Å². The molecule has 1 aromatic heterocycles. The van der Waals surface area contributed by atoms with Crippen LogP contribution in [0.15, 0.2) is 48.7 Å². The third-order valence-electron chi connectivity index (χ3n) is 2.93. The summed E-state index contributed by atoms with van der Waals surface area (Å²) < 4.78 is 0. The van der Waals surface area contributed by atoms with E-state index >= 15 is 0 Å². The standard InChI is InChI=1S/C14H14N2O2.K.H/c1-14(15,12-4-2-3-9-16-12)11-7-5-10(6-8-11)13(17)18;;/h2-9H,15H2,1H3,(H,17,18);;/q;+1;-1. The Bertz CT molecular complexity index is 559. The Labute approximate surface area is 156 Å². The molecule has 1 aromatic carbocycles. The van der Waals surface area contributed by atoms with E-state index in [2.05, 4.69) is 4.98 Å². The van der Waals surface area contributed by atoms with Crippen LogP contribution in [0.4, 0.5) is 0 Å². The van der Waals surface area contributed by atoms with Crippen LogP contribution >= 0.6 is 0 Å². The summed E-state index contributed by atoms with van der Waals surface area (Å²) in [4.78, 5) is 15.0. The summed E-state index contributed by atoms with van der Waals surface area (Å²) in [5.41, 5.74) is 7.35. The topological polar surface area (TPSA) is 76.2 Å². The third kappa shape index (κ3) is 3.72. The number of carboxylic acids is 1. The summed E-state index contributed by atoms with van der Waals surface area (Å²) in [6.07, 6.45) is 1.69. The van der Waals surface area contributed by atoms with Gasteiger partial charge in [-0.05, 0) is 36.8 Å². The van der Waals surface area contributed by atoms with Gasteiger partial charge in [-0.25, -0.2) is 4.79 Å². The molecule has 0 bridgehead atoms. The normalized spacial score (nSPS) is 13.2. The number of benzene rings is 1. The van der Waals surface area contributed by atoms with Crippen molar-refractivity contribution in [3.63, 3.8) is 0 Å². The van der Waals surface area contributed by atoms with Gasteiger partial charge in [0.25, 0.3) is 0 Å². The molecule has 3 N–H and O–H groups in total. The molecule has 0 saturated carbocycles. The molecule has 2 aromatic rings. The van der Waals surface area contributed by atoms with E-state index in [1.165, 1.54) is 0 Å². The van der Waals surface area contributed by atoms with E-state index in [1.807, 2.05) is 25.1 Å². The minimum absolute atomic E-state index is 0. The summed E-state index contributed by atoms with van der Waals surface area (Å²) in [5, 5.41) is 8.85. The van der Waals surface area contributed by atoms with Gasteiger partial charge in [0.15, 0.2) is 0 Å². The molecule has 1 atom stereocenters. The van der Waals surface area contributed by atoms with Crippen LogP contribution in [-0.2, 0) is 5.54 Å². The number of hydrogen-bond donors (Lipinski definition) is 2. The molecule has 0 aliphatic carbocycles. The van der Waals surface area contributed by atoms with E-state index in [-0.39, 0.29) is 58.4 Å². The van der Waals surface area contributed by atoms with Crippen molar-refractivity contribution < 1.29 is 62.7 Å². The Hall–Kier alpha value is -0.564. The van der Waals surface area contributed by atoms with Crippen LogP contribution in [0.3, 0.4) is 0 Å². The Morgan fingerprint density at radius 1 is 1.26 bits per heavy atom. The van der Waals surface area contributed by atoms with E-state index < -0.39 is 11.5 Å². The molecule has 5 heteroatoms. The molecule has 1 heterocycles. The van der Waals surface area contributed by atoms with Gasteiger partial charge < -0.3 is 12.3 Å². The molecule has 1 unspecified atom stereocenters. The minimum atomic E-state index is -0.946. The molecule has 2 rings (SSSR count). The van der Waals surface area contributed by atoms with Crippen LogP contribution in [0.2, 0.25) is 0 Å². The number of rotatable bonds is 3. The fraction of sp³-hybridized carbons (Fsp3) is 0.143. The average Bonchev–Trinajstić information content (AvgIpc) is 2.40. The number of carbonyl (C=O) groups is 1. The number of aromatic nitrogens is 1. The Kier molecular flexibility index (Phi) is 5.85. The zero-order valence-electron chi connectivity index (χ0n) is 12.0. The van der Waals surface area contributed by atoms with E-state index in [9.17, 15) is 4.79 Å². The largest absolute Gasteiger partial charge is 1.00 e. The van der Waals surface area contributed by atoms with Gasteiger partial charge in [0.2, 0.25) is 0 Å². The summed E-state index contributed by atoms with van der Waals surface area (Å²) in [6.45, 7) is 1.85.